The summed E-state index contributed by atoms with van der Waals surface area (Å²) < 4.78 is 0. The predicted octanol–water partition coefficient (Wildman–Crippen LogP) is 3.38. The number of nitrogens with zero attached hydrogens (tertiary/aromatic N) is 1. The molecule has 1 aromatic rings. The predicted molar refractivity (Wildman–Crippen MR) is 64.0 cm³/mol. The molecule has 1 aromatic heterocycles. The van der Waals surface area contributed by atoms with Crippen molar-refractivity contribution in [1.82, 2.24) is 4.98 Å². The molecule has 1 saturated carbocycles. The lowest BCUT2D eigenvalue weighted by molar-refractivity contribution is 0.361. The molecule has 0 unspecified atom stereocenters. The van der Waals surface area contributed by atoms with Crippen LogP contribution in [-0.2, 0) is 0 Å². The first-order valence-corrected chi connectivity index (χ1v) is 5.92. The van der Waals surface area contributed by atoms with Gasteiger partial charge in [0.2, 0.25) is 0 Å². The highest BCUT2D eigenvalue weighted by atomic mass is 14.9. The molecular weight excluding hydrogens is 184 g/mol. The number of hydrogen-bond acceptors (Lipinski definition) is 2. The zero-order valence-electron chi connectivity index (χ0n) is 9.66. The van der Waals surface area contributed by atoms with Crippen LogP contribution in [0, 0.1) is 12.8 Å². The average molecular weight is 204 g/mol. The Bertz CT molecular complexity index is 314. The molecule has 1 aliphatic rings. The number of pyridine rings is 1. The molecule has 2 nitrogen and oxygen atoms in total. The minimum absolute atomic E-state index is 0.657. The number of hydrogen-bond donors (Lipinski definition) is 1. The van der Waals surface area contributed by atoms with Crippen LogP contribution in [0.3, 0.4) is 0 Å². The SMILES string of the molecule is Cc1cncc(NC2CCC(C)CC2)c1. The average Bonchev–Trinajstić information content (AvgIpc) is 2.22. The molecule has 2 heteroatoms. The van der Waals surface area contributed by atoms with Gasteiger partial charge in [-0.3, -0.25) is 4.98 Å². The van der Waals surface area contributed by atoms with E-state index in [-0.39, 0.29) is 0 Å². The number of anilines is 1. The monoisotopic (exact) mass is 204 g/mol. The maximum absolute atomic E-state index is 4.20. The summed E-state index contributed by atoms with van der Waals surface area (Å²) in [4.78, 5) is 4.20. The Labute approximate surface area is 92.1 Å². The van der Waals surface area contributed by atoms with Crippen LogP contribution in [0.15, 0.2) is 18.5 Å². The van der Waals surface area contributed by atoms with Gasteiger partial charge in [0.25, 0.3) is 0 Å². The summed E-state index contributed by atoms with van der Waals surface area (Å²) in [6, 6.07) is 2.83. The molecule has 0 aromatic carbocycles. The van der Waals surface area contributed by atoms with Crippen molar-refractivity contribution in [3.63, 3.8) is 0 Å². The zero-order chi connectivity index (χ0) is 10.7. The van der Waals surface area contributed by atoms with Gasteiger partial charge in [-0.05, 0) is 50.2 Å². The molecule has 0 saturated heterocycles. The van der Waals surface area contributed by atoms with Crippen molar-refractivity contribution in [2.75, 3.05) is 5.32 Å². The molecule has 1 N–H and O–H groups in total. The first-order valence-electron chi connectivity index (χ1n) is 5.92. The molecule has 0 atom stereocenters. The first kappa shape index (κ1) is 10.5. The van der Waals surface area contributed by atoms with Crippen LogP contribution in [0.1, 0.15) is 38.2 Å². The summed E-state index contributed by atoms with van der Waals surface area (Å²) in [5.74, 6) is 0.915. The second kappa shape index (κ2) is 4.65. The quantitative estimate of drug-likeness (QED) is 0.798. The molecule has 1 heterocycles. The van der Waals surface area contributed by atoms with Gasteiger partial charge in [0, 0.05) is 18.4 Å². The standard InChI is InChI=1S/C13H20N2/c1-10-3-5-12(6-4-10)15-13-7-11(2)8-14-9-13/h7-10,12,15H,3-6H2,1-2H3. The minimum Gasteiger partial charge on any atom is -0.381 e. The van der Waals surface area contributed by atoms with Gasteiger partial charge in [0.05, 0.1) is 5.69 Å². The molecule has 1 aliphatic carbocycles. The third-order valence-corrected chi connectivity index (χ3v) is 3.26. The van der Waals surface area contributed by atoms with E-state index in [4.69, 9.17) is 0 Å². The Morgan fingerprint density at radius 2 is 1.93 bits per heavy atom. The number of aromatic nitrogens is 1. The Morgan fingerprint density at radius 3 is 2.60 bits per heavy atom. The summed E-state index contributed by atoms with van der Waals surface area (Å²) >= 11 is 0. The maximum atomic E-state index is 4.20. The van der Waals surface area contributed by atoms with Gasteiger partial charge in [-0.2, -0.15) is 0 Å². The van der Waals surface area contributed by atoms with E-state index >= 15 is 0 Å². The fraction of sp³-hybridized carbons (Fsp3) is 0.615. The second-order valence-corrected chi connectivity index (χ2v) is 4.85. The fourth-order valence-electron chi connectivity index (χ4n) is 2.27. The van der Waals surface area contributed by atoms with E-state index in [1.807, 2.05) is 12.4 Å². The Morgan fingerprint density at radius 1 is 1.20 bits per heavy atom. The molecule has 0 aliphatic heterocycles. The van der Waals surface area contributed by atoms with Crippen molar-refractivity contribution in [2.24, 2.45) is 5.92 Å². The topological polar surface area (TPSA) is 24.9 Å². The van der Waals surface area contributed by atoms with Crippen LogP contribution in [0.2, 0.25) is 0 Å². The van der Waals surface area contributed by atoms with E-state index in [0.717, 1.165) is 5.92 Å². The van der Waals surface area contributed by atoms with Crippen LogP contribution >= 0.6 is 0 Å². The highest BCUT2D eigenvalue weighted by molar-refractivity contribution is 5.43. The molecule has 0 amide bonds. The van der Waals surface area contributed by atoms with E-state index in [1.165, 1.54) is 36.9 Å². The molecule has 0 bridgehead atoms. The largest absolute Gasteiger partial charge is 0.381 e. The Hall–Kier alpha value is -1.05. The van der Waals surface area contributed by atoms with Crippen molar-refractivity contribution >= 4 is 5.69 Å². The molecule has 0 radical (unpaired) electrons. The molecule has 15 heavy (non-hydrogen) atoms. The highest BCUT2D eigenvalue weighted by Gasteiger charge is 2.17. The summed E-state index contributed by atoms with van der Waals surface area (Å²) in [6.45, 7) is 4.44. The van der Waals surface area contributed by atoms with Crippen molar-refractivity contribution in [3.8, 4) is 0 Å². The maximum Gasteiger partial charge on any atom is 0.0531 e. The molecule has 1 fully saturated rings. The summed E-state index contributed by atoms with van der Waals surface area (Å²) in [5.41, 5.74) is 2.40. The molecule has 0 spiro atoms. The van der Waals surface area contributed by atoms with Crippen molar-refractivity contribution in [3.05, 3.63) is 24.0 Å². The normalized spacial score (nSPS) is 26.3. The fourth-order valence-corrected chi connectivity index (χ4v) is 2.27. The van der Waals surface area contributed by atoms with Crippen LogP contribution in [0.4, 0.5) is 5.69 Å². The third-order valence-electron chi connectivity index (χ3n) is 3.26. The lowest BCUT2D eigenvalue weighted by Crippen LogP contribution is -2.25. The second-order valence-electron chi connectivity index (χ2n) is 4.85. The molecular formula is C13H20N2. The van der Waals surface area contributed by atoms with Gasteiger partial charge in [0.1, 0.15) is 0 Å². The van der Waals surface area contributed by atoms with E-state index in [0.29, 0.717) is 6.04 Å². The van der Waals surface area contributed by atoms with Crippen molar-refractivity contribution < 1.29 is 0 Å². The van der Waals surface area contributed by atoms with Gasteiger partial charge in [-0.15, -0.1) is 0 Å². The first-order chi connectivity index (χ1) is 7.24. The van der Waals surface area contributed by atoms with Gasteiger partial charge in [-0.25, -0.2) is 0 Å². The van der Waals surface area contributed by atoms with E-state index < -0.39 is 0 Å². The van der Waals surface area contributed by atoms with Crippen molar-refractivity contribution in [2.45, 2.75) is 45.6 Å². The summed E-state index contributed by atoms with van der Waals surface area (Å²) in [6.07, 6.45) is 9.14. The number of nitrogens with one attached hydrogen (secondary N) is 1. The lowest BCUT2D eigenvalue weighted by atomic mass is 9.87. The van der Waals surface area contributed by atoms with Crippen LogP contribution in [0.25, 0.3) is 0 Å². The van der Waals surface area contributed by atoms with Gasteiger partial charge >= 0.3 is 0 Å². The van der Waals surface area contributed by atoms with E-state index in [9.17, 15) is 0 Å². The van der Waals surface area contributed by atoms with Gasteiger partial charge in [0.15, 0.2) is 0 Å². The summed E-state index contributed by atoms with van der Waals surface area (Å²) in [7, 11) is 0. The van der Waals surface area contributed by atoms with Crippen LogP contribution in [0.5, 0.6) is 0 Å². The smallest absolute Gasteiger partial charge is 0.0531 e. The minimum atomic E-state index is 0.657. The van der Waals surface area contributed by atoms with E-state index in [1.54, 1.807) is 0 Å². The van der Waals surface area contributed by atoms with Gasteiger partial charge in [-0.1, -0.05) is 6.92 Å². The van der Waals surface area contributed by atoms with Crippen molar-refractivity contribution in [1.29, 1.82) is 0 Å². The third kappa shape index (κ3) is 2.95. The van der Waals surface area contributed by atoms with E-state index in [2.05, 4.69) is 30.2 Å². The Balaban J connectivity index is 1.92. The highest BCUT2D eigenvalue weighted by Crippen LogP contribution is 2.25. The number of rotatable bonds is 2. The zero-order valence-corrected chi connectivity index (χ0v) is 9.66. The molecule has 2 rings (SSSR count). The number of aryl methyl sites for hydroxylation is 1. The van der Waals surface area contributed by atoms with Gasteiger partial charge < -0.3 is 5.32 Å². The summed E-state index contributed by atoms with van der Waals surface area (Å²) in [5, 5.41) is 3.58. The Kier molecular flexibility index (Phi) is 3.24. The molecule has 82 valence electrons. The van der Waals surface area contributed by atoms with Crippen LogP contribution < -0.4 is 5.32 Å². The lowest BCUT2D eigenvalue weighted by Gasteiger charge is -2.27. The van der Waals surface area contributed by atoms with Crippen LogP contribution in [-0.4, -0.2) is 11.0 Å².